The number of ether oxygens (including phenoxy) is 2. The van der Waals surface area contributed by atoms with Gasteiger partial charge < -0.3 is 24.1 Å². The van der Waals surface area contributed by atoms with Crippen LogP contribution in [0.1, 0.15) is 101 Å². The molecule has 0 amide bonds. The fourth-order valence-electron chi connectivity index (χ4n) is 5.30. The van der Waals surface area contributed by atoms with Gasteiger partial charge in [-0.05, 0) is 45.9 Å². The molecular formula is C35H45N2O4-. The van der Waals surface area contributed by atoms with Crippen molar-refractivity contribution in [3.63, 3.8) is 0 Å². The number of methoxy groups -OCH3 is 2. The third-order valence-electron chi connectivity index (χ3n) is 7.44. The van der Waals surface area contributed by atoms with Crippen molar-refractivity contribution in [2.45, 2.75) is 85.2 Å². The van der Waals surface area contributed by atoms with Gasteiger partial charge in [-0.2, -0.15) is 6.08 Å². The van der Waals surface area contributed by atoms with Crippen molar-refractivity contribution in [2.75, 3.05) is 24.0 Å². The number of para-hydroxylation sites is 2. The Morgan fingerprint density at radius 3 is 1.44 bits per heavy atom. The molecule has 0 bridgehead atoms. The van der Waals surface area contributed by atoms with Gasteiger partial charge in [-0.3, -0.25) is 4.79 Å². The zero-order chi connectivity index (χ0) is 30.4. The Morgan fingerprint density at radius 1 is 0.732 bits per heavy atom. The van der Waals surface area contributed by atoms with Gasteiger partial charge >= 0.3 is 5.97 Å². The van der Waals surface area contributed by atoms with Gasteiger partial charge in [-0.15, -0.1) is 12.0 Å². The Kier molecular flexibility index (Phi) is 10.7. The molecule has 6 nitrogen and oxygen atoms in total. The number of nitrogens with zero attached hydrogens (tertiary/aromatic N) is 2. The van der Waals surface area contributed by atoms with Gasteiger partial charge in [0.2, 0.25) is 5.97 Å². The molecule has 0 N–H and O–H groups in total. The second-order valence-corrected chi connectivity index (χ2v) is 11.6. The molecule has 0 atom stereocenters. The minimum Gasteiger partial charge on any atom is -0.523 e. The first-order chi connectivity index (χ1) is 19.4. The number of rotatable bonds is 11. The molecule has 2 aromatic carbocycles. The fourth-order valence-corrected chi connectivity index (χ4v) is 5.30. The lowest BCUT2D eigenvalue weighted by Crippen LogP contribution is -2.42. The number of hydrogen-bond acceptors (Lipinski definition) is 6. The molecule has 0 saturated carbocycles. The number of benzene rings is 2. The Labute approximate surface area is 247 Å². The van der Waals surface area contributed by atoms with Crippen LogP contribution < -0.4 is 9.80 Å². The van der Waals surface area contributed by atoms with Crippen molar-refractivity contribution in [1.29, 1.82) is 0 Å². The van der Waals surface area contributed by atoms with E-state index in [4.69, 9.17) is 9.47 Å². The molecule has 2 radical (unpaired) electrons. The van der Waals surface area contributed by atoms with E-state index in [1.54, 1.807) is 0 Å². The highest BCUT2D eigenvalue weighted by molar-refractivity contribution is 5.94. The molecule has 0 aliphatic carbocycles. The molecule has 0 spiro atoms. The maximum atomic E-state index is 13.0. The van der Waals surface area contributed by atoms with Gasteiger partial charge in [0.05, 0.1) is 26.8 Å². The molecular weight excluding hydrogens is 512 g/mol. The third kappa shape index (κ3) is 6.98. The lowest BCUT2D eigenvalue weighted by Gasteiger charge is -2.41. The van der Waals surface area contributed by atoms with Gasteiger partial charge in [0, 0.05) is 23.8 Å². The van der Waals surface area contributed by atoms with Crippen LogP contribution in [0, 0.1) is 12.8 Å². The minimum atomic E-state index is -0.669. The van der Waals surface area contributed by atoms with Crippen molar-refractivity contribution < 1.29 is 19.1 Å². The summed E-state index contributed by atoms with van der Waals surface area (Å²) in [4.78, 5) is 29.4. The average molecular weight is 558 g/mol. The number of carbonyl (C=O) groups is 2. The number of hydrogen-bond donors (Lipinski definition) is 0. The van der Waals surface area contributed by atoms with E-state index >= 15 is 0 Å². The maximum absolute atomic E-state index is 13.0. The lowest BCUT2D eigenvalue weighted by atomic mass is 9.90. The third-order valence-corrected chi connectivity index (χ3v) is 7.44. The first-order valence-electron chi connectivity index (χ1n) is 14.4. The molecule has 1 aliphatic heterocycles. The topological polar surface area (TPSA) is 59.1 Å². The van der Waals surface area contributed by atoms with Crippen molar-refractivity contribution in [1.82, 2.24) is 0 Å². The van der Waals surface area contributed by atoms with Gasteiger partial charge in [0.25, 0.3) is 0 Å². The van der Waals surface area contributed by atoms with E-state index in [2.05, 4.69) is 120 Å². The quantitative estimate of drug-likeness (QED) is 0.159. The molecule has 0 fully saturated rings. The SMILES string of the molecule is COC(=O)[C]/C=C(\[CH-]C1N(c2c(C(C)C)cccc2C(C)C)C=CN1c1c(C(C)C)cccc1C(C)C)C(=O)OC. The van der Waals surface area contributed by atoms with E-state index in [0.717, 1.165) is 11.4 Å². The molecule has 220 valence electrons. The van der Waals surface area contributed by atoms with Crippen molar-refractivity contribution in [2.24, 2.45) is 0 Å². The van der Waals surface area contributed by atoms with Gasteiger partial charge in [0.15, 0.2) is 0 Å². The number of anilines is 2. The fraction of sp³-hybridized carbons (Fsp3) is 0.429. The molecule has 41 heavy (non-hydrogen) atoms. The predicted octanol–water partition coefficient (Wildman–Crippen LogP) is 7.86. The summed E-state index contributed by atoms with van der Waals surface area (Å²) in [5, 5.41) is 0. The lowest BCUT2D eigenvalue weighted by molar-refractivity contribution is -0.136. The van der Waals surface area contributed by atoms with Crippen LogP contribution in [0.15, 0.2) is 60.4 Å². The summed E-state index contributed by atoms with van der Waals surface area (Å²) in [6.07, 6.45) is 9.51. The molecule has 6 heteroatoms. The highest BCUT2D eigenvalue weighted by atomic mass is 16.5. The van der Waals surface area contributed by atoms with Crippen LogP contribution in [0.2, 0.25) is 0 Å². The monoisotopic (exact) mass is 557 g/mol. The minimum absolute atomic E-state index is 0.211. The van der Waals surface area contributed by atoms with E-state index in [-0.39, 0.29) is 29.2 Å². The average Bonchev–Trinajstić information content (AvgIpc) is 3.35. The Balaban J connectivity index is 2.30. The van der Waals surface area contributed by atoms with Gasteiger partial charge in [-0.1, -0.05) is 91.8 Å². The van der Waals surface area contributed by atoms with Crippen molar-refractivity contribution in [3.8, 4) is 0 Å². The summed E-state index contributed by atoms with van der Waals surface area (Å²) in [7, 11) is 2.61. The van der Waals surface area contributed by atoms with E-state index in [0.29, 0.717) is 0 Å². The second-order valence-electron chi connectivity index (χ2n) is 11.6. The summed E-state index contributed by atoms with van der Waals surface area (Å²) in [6, 6.07) is 13.0. The zero-order valence-corrected chi connectivity index (χ0v) is 26.2. The molecule has 0 saturated heterocycles. The van der Waals surface area contributed by atoms with Crippen LogP contribution in [0.5, 0.6) is 0 Å². The molecule has 1 heterocycles. The highest BCUT2D eigenvalue weighted by Crippen LogP contribution is 2.44. The molecule has 0 unspecified atom stereocenters. The van der Waals surface area contributed by atoms with Crippen molar-refractivity contribution >= 4 is 23.3 Å². The maximum Gasteiger partial charge on any atom is 0.304 e. The summed E-state index contributed by atoms with van der Waals surface area (Å²) in [5.41, 5.74) is 7.34. The van der Waals surface area contributed by atoms with Crippen molar-refractivity contribution in [3.05, 3.63) is 95.5 Å². The Bertz CT molecular complexity index is 1160. The first-order valence-corrected chi connectivity index (χ1v) is 14.4. The van der Waals surface area contributed by atoms with Crippen LogP contribution in [-0.2, 0) is 19.1 Å². The van der Waals surface area contributed by atoms with E-state index < -0.39 is 18.1 Å². The summed E-state index contributed by atoms with van der Waals surface area (Å²) >= 11 is 0. The Morgan fingerprint density at radius 2 is 1.12 bits per heavy atom. The van der Waals surface area contributed by atoms with E-state index in [1.807, 2.05) is 6.42 Å². The standard InChI is InChI=1S/C35H45N2O4/c1-22(2)27-13-11-14-28(23(3)4)33(27)36-19-20-37(34-29(24(5)6)15-12-16-30(34)25(7)8)31(36)21-26(35(39)41-10)17-18-32(38)40-9/h11-17,19-25,31H,1-10H3/q-1/b26-17+. The second kappa shape index (κ2) is 13.8. The molecule has 1 aliphatic rings. The van der Waals surface area contributed by atoms with Crippen LogP contribution in [-0.4, -0.2) is 32.3 Å². The van der Waals surface area contributed by atoms with Gasteiger partial charge in [0.1, 0.15) is 0 Å². The van der Waals surface area contributed by atoms with E-state index in [1.165, 1.54) is 42.5 Å². The van der Waals surface area contributed by atoms with Crippen LogP contribution in [0.25, 0.3) is 0 Å². The van der Waals surface area contributed by atoms with Crippen LogP contribution >= 0.6 is 0 Å². The molecule has 0 aromatic heterocycles. The number of carbonyl (C=O) groups excluding carboxylic acids is 2. The largest absolute Gasteiger partial charge is 0.523 e. The smallest absolute Gasteiger partial charge is 0.304 e. The summed E-state index contributed by atoms with van der Waals surface area (Å²) in [5.74, 6) is -0.126. The predicted molar refractivity (Wildman–Crippen MR) is 167 cm³/mol. The number of esters is 2. The molecule has 2 aromatic rings. The van der Waals surface area contributed by atoms with Crippen LogP contribution in [0.3, 0.4) is 0 Å². The van der Waals surface area contributed by atoms with Crippen LogP contribution in [0.4, 0.5) is 11.4 Å². The summed E-state index contributed by atoms with van der Waals surface area (Å²) < 4.78 is 9.87. The Hall–Kier alpha value is -3.67. The first kappa shape index (κ1) is 31.9. The summed E-state index contributed by atoms with van der Waals surface area (Å²) in [6.45, 7) is 17.6. The van der Waals surface area contributed by atoms with E-state index in [9.17, 15) is 9.59 Å². The highest BCUT2D eigenvalue weighted by Gasteiger charge is 2.33. The van der Waals surface area contributed by atoms with Gasteiger partial charge in [-0.25, -0.2) is 0 Å². The molecule has 3 rings (SSSR count). The zero-order valence-electron chi connectivity index (χ0n) is 26.2. The normalized spacial score (nSPS) is 14.1.